The van der Waals surface area contributed by atoms with Gasteiger partial charge in [0.2, 0.25) is 0 Å². The molecular formula is C25H23F5N4O2. The smallest absolute Gasteiger partial charge is 0.274 e. The van der Waals surface area contributed by atoms with Gasteiger partial charge in [0.15, 0.2) is 0 Å². The number of hydrogen-bond acceptors (Lipinski definition) is 5. The first-order valence-corrected chi connectivity index (χ1v) is 11.2. The average molecular weight is 506 g/mol. The number of hydrogen-bond donors (Lipinski definition) is 3. The fourth-order valence-corrected chi connectivity index (χ4v) is 4.57. The van der Waals surface area contributed by atoms with Gasteiger partial charge in [-0.1, -0.05) is 6.92 Å². The van der Waals surface area contributed by atoms with Gasteiger partial charge in [-0.3, -0.25) is 9.78 Å². The highest BCUT2D eigenvalue weighted by molar-refractivity contribution is 6.03. The Morgan fingerprint density at radius 2 is 1.81 bits per heavy atom. The van der Waals surface area contributed by atoms with E-state index in [4.69, 9.17) is 5.73 Å². The number of anilines is 1. The Morgan fingerprint density at radius 3 is 2.44 bits per heavy atom. The Morgan fingerprint density at radius 1 is 1.11 bits per heavy atom. The number of alkyl halides is 2. The molecule has 6 nitrogen and oxygen atoms in total. The third kappa shape index (κ3) is 5.07. The Labute approximate surface area is 203 Å². The van der Waals surface area contributed by atoms with Crippen LogP contribution in [0.1, 0.15) is 53.7 Å². The van der Waals surface area contributed by atoms with E-state index >= 15 is 0 Å². The molecule has 1 fully saturated rings. The molecule has 1 amide bonds. The van der Waals surface area contributed by atoms with E-state index in [-0.39, 0.29) is 17.5 Å². The summed E-state index contributed by atoms with van der Waals surface area (Å²) in [7, 11) is 0. The van der Waals surface area contributed by atoms with Crippen LogP contribution in [0, 0.1) is 23.4 Å². The molecule has 2 aromatic heterocycles. The third-order valence-corrected chi connectivity index (χ3v) is 6.41. The number of nitrogens with one attached hydrogen (secondary N) is 1. The number of halogens is 5. The minimum Gasteiger partial charge on any atom is -0.391 e. The molecule has 0 saturated heterocycles. The van der Waals surface area contributed by atoms with Crippen molar-refractivity contribution in [1.29, 1.82) is 0 Å². The molecule has 0 unspecified atom stereocenters. The first-order valence-electron chi connectivity index (χ1n) is 11.2. The van der Waals surface area contributed by atoms with Crippen molar-refractivity contribution >= 4 is 11.6 Å². The van der Waals surface area contributed by atoms with Crippen molar-refractivity contribution in [1.82, 2.24) is 9.97 Å². The van der Waals surface area contributed by atoms with E-state index < -0.39 is 58.8 Å². The molecule has 4 N–H and O–H groups in total. The standard InChI is InChI=1S/C25H23F5N4O2/c1-11-6-12(9-18(31)23(11)35)14-4-5-32-10-20(14)34-25(36)19-3-2-15(26)22(33-19)21-16(27)7-13(24(29)30)8-17(21)28/h2-5,7-8,10-12,18,23-24,35H,6,9,31H2,1H3,(H,34,36)/t11-,12+,18+,23+/m0/s1. The molecule has 0 spiro atoms. The predicted octanol–water partition coefficient (Wildman–Crippen LogP) is 4.95. The van der Waals surface area contributed by atoms with E-state index in [1.54, 1.807) is 12.3 Å². The zero-order valence-corrected chi connectivity index (χ0v) is 19.1. The number of nitrogens with zero attached hydrogens (tertiary/aromatic N) is 2. The van der Waals surface area contributed by atoms with E-state index in [2.05, 4.69) is 15.3 Å². The quantitative estimate of drug-likeness (QED) is 0.425. The molecule has 4 rings (SSSR count). The zero-order chi connectivity index (χ0) is 26.1. The minimum atomic E-state index is -3.13. The Bertz CT molecular complexity index is 1250. The van der Waals surface area contributed by atoms with Gasteiger partial charge in [-0.05, 0) is 60.6 Å². The minimum absolute atomic E-state index is 0.0713. The highest BCUT2D eigenvalue weighted by Crippen LogP contribution is 2.38. The highest BCUT2D eigenvalue weighted by Gasteiger charge is 2.34. The Kier molecular flexibility index (Phi) is 7.32. The van der Waals surface area contributed by atoms with Crippen molar-refractivity contribution in [2.45, 2.75) is 44.3 Å². The van der Waals surface area contributed by atoms with E-state index in [1.165, 1.54) is 6.20 Å². The van der Waals surface area contributed by atoms with E-state index in [0.29, 0.717) is 30.7 Å². The van der Waals surface area contributed by atoms with Gasteiger partial charge in [0.1, 0.15) is 28.8 Å². The molecule has 190 valence electrons. The molecule has 11 heteroatoms. The van der Waals surface area contributed by atoms with Crippen molar-refractivity contribution in [3.8, 4) is 11.3 Å². The van der Waals surface area contributed by atoms with Gasteiger partial charge in [-0.2, -0.15) is 0 Å². The molecule has 36 heavy (non-hydrogen) atoms. The molecule has 4 atom stereocenters. The lowest BCUT2D eigenvalue weighted by Crippen LogP contribution is -2.44. The summed E-state index contributed by atoms with van der Waals surface area (Å²) in [5, 5.41) is 12.8. The van der Waals surface area contributed by atoms with E-state index in [9.17, 15) is 31.9 Å². The number of carbonyl (C=O) groups excluding carboxylic acids is 1. The molecular weight excluding hydrogens is 483 g/mol. The number of aliphatic hydroxyl groups is 1. The maximum Gasteiger partial charge on any atom is 0.274 e. The van der Waals surface area contributed by atoms with Crippen molar-refractivity contribution in [2.75, 3.05) is 5.32 Å². The van der Waals surface area contributed by atoms with Crippen LogP contribution in [0.25, 0.3) is 11.3 Å². The monoisotopic (exact) mass is 506 g/mol. The number of rotatable bonds is 5. The normalized spacial score (nSPS) is 22.0. The first kappa shape index (κ1) is 25.6. The van der Waals surface area contributed by atoms with Crippen LogP contribution in [0.2, 0.25) is 0 Å². The van der Waals surface area contributed by atoms with Crippen LogP contribution in [0.3, 0.4) is 0 Å². The summed E-state index contributed by atoms with van der Waals surface area (Å²) in [5.74, 6) is -4.96. The summed E-state index contributed by atoms with van der Waals surface area (Å²) in [6, 6.07) is 3.90. The van der Waals surface area contributed by atoms with Gasteiger partial charge in [0, 0.05) is 17.8 Å². The van der Waals surface area contributed by atoms with Crippen LogP contribution in [-0.4, -0.2) is 33.1 Å². The molecule has 1 aliphatic rings. The zero-order valence-electron chi connectivity index (χ0n) is 19.1. The average Bonchev–Trinajstić information content (AvgIpc) is 2.83. The number of nitrogens with two attached hydrogens (primary N) is 1. The van der Waals surface area contributed by atoms with Gasteiger partial charge >= 0.3 is 0 Å². The maximum absolute atomic E-state index is 14.5. The summed E-state index contributed by atoms with van der Waals surface area (Å²) in [6.45, 7) is 1.88. The van der Waals surface area contributed by atoms with Gasteiger partial charge in [0.05, 0.1) is 23.6 Å². The summed E-state index contributed by atoms with van der Waals surface area (Å²) in [4.78, 5) is 20.8. The summed E-state index contributed by atoms with van der Waals surface area (Å²) in [6.07, 6.45) is 0.296. The van der Waals surface area contributed by atoms with E-state index in [0.717, 1.165) is 17.7 Å². The molecule has 3 aromatic rings. The molecule has 0 radical (unpaired) electrons. The topological polar surface area (TPSA) is 101 Å². The predicted molar refractivity (Wildman–Crippen MR) is 122 cm³/mol. The molecule has 2 heterocycles. The van der Waals surface area contributed by atoms with Crippen LogP contribution in [0.15, 0.2) is 42.7 Å². The maximum atomic E-state index is 14.5. The van der Waals surface area contributed by atoms with Crippen LogP contribution >= 0.6 is 0 Å². The fourth-order valence-electron chi connectivity index (χ4n) is 4.57. The van der Waals surface area contributed by atoms with Crippen molar-refractivity contribution < 1.29 is 31.9 Å². The van der Waals surface area contributed by atoms with Gasteiger partial charge in [-0.15, -0.1) is 0 Å². The lowest BCUT2D eigenvalue weighted by Gasteiger charge is -2.36. The number of amides is 1. The molecule has 0 bridgehead atoms. The third-order valence-electron chi connectivity index (χ3n) is 6.41. The molecule has 1 aliphatic carbocycles. The lowest BCUT2D eigenvalue weighted by atomic mass is 9.74. The second-order valence-corrected chi connectivity index (χ2v) is 8.90. The van der Waals surface area contributed by atoms with Crippen LogP contribution in [-0.2, 0) is 0 Å². The van der Waals surface area contributed by atoms with Crippen LogP contribution in [0.5, 0.6) is 0 Å². The van der Waals surface area contributed by atoms with Crippen molar-refractivity contribution in [2.24, 2.45) is 11.7 Å². The van der Waals surface area contributed by atoms with E-state index in [1.807, 2.05) is 6.92 Å². The Balaban J connectivity index is 1.64. The summed E-state index contributed by atoms with van der Waals surface area (Å²) >= 11 is 0. The second kappa shape index (κ2) is 10.3. The SMILES string of the molecule is C[C@H]1C[C@@H](c2ccncc2NC(=O)c2ccc(F)c(-c3c(F)cc(C(F)F)cc3F)n2)C[C@@H](N)[C@@H]1O. The molecule has 0 aliphatic heterocycles. The van der Waals surface area contributed by atoms with Gasteiger partial charge in [-0.25, -0.2) is 26.9 Å². The van der Waals surface area contributed by atoms with Crippen LogP contribution in [0.4, 0.5) is 27.6 Å². The lowest BCUT2D eigenvalue weighted by molar-refractivity contribution is 0.0521. The Hall–Kier alpha value is -3.44. The summed E-state index contributed by atoms with van der Waals surface area (Å²) in [5.41, 5.74) is 4.09. The number of pyridine rings is 2. The fraction of sp³-hybridized carbons (Fsp3) is 0.320. The van der Waals surface area contributed by atoms with Crippen molar-refractivity contribution in [3.63, 3.8) is 0 Å². The molecule has 1 aromatic carbocycles. The second-order valence-electron chi connectivity index (χ2n) is 8.90. The van der Waals surface area contributed by atoms with Crippen LogP contribution < -0.4 is 11.1 Å². The summed E-state index contributed by atoms with van der Waals surface area (Å²) < 4.78 is 69.0. The van der Waals surface area contributed by atoms with Gasteiger partial charge in [0.25, 0.3) is 12.3 Å². The van der Waals surface area contributed by atoms with Crippen molar-refractivity contribution in [3.05, 3.63) is 77.0 Å². The number of aromatic nitrogens is 2. The largest absolute Gasteiger partial charge is 0.391 e. The number of carbonyl (C=O) groups is 1. The van der Waals surface area contributed by atoms with Gasteiger partial charge < -0.3 is 16.2 Å². The first-order chi connectivity index (χ1) is 17.1. The number of benzene rings is 1. The molecule has 1 saturated carbocycles. The highest BCUT2D eigenvalue weighted by atomic mass is 19.3. The number of aliphatic hydroxyl groups excluding tert-OH is 1.